The average molecular weight is 480 g/mol. The fourth-order valence-electron chi connectivity index (χ4n) is 4.02. The van der Waals surface area contributed by atoms with Gasteiger partial charge in [0.2, 0.25) is 5.91 Å². The molecule has 0 aliphatic rings. The SMILES string of the molecule is COc1ccc(CN(CCc2ccc(Cl)cc2Cl)C(=O)CC(C)CC(C)(C)C)cc1OC. The van der Waals surface area contributed by atoms with Crippen LogP contribution in [0.5, 0.6) is 11.5 Å². The lowest BCUT2D eigenvalue weighted by atomic mass is 9.84. The summed E-state index contributed by atoms with van der Waals surface area (Å²) in [5.41, 5.74) is 2.15. The van der Waals surface area contributed by atoms with Crippen LogP contribution in [0.15, 0.2) is 36.4 Å². The van der Waals surface area contributed by atoms with Gasteiger partial charge in [-0.1, -0.05) is 63.0 Å². The van der Waals surface area contributed by atoms with Crippen molar-refractivity contribution in [2.24, 2.45) is 11.3 Å². The fourth-order valence-corrected chi connectivity index (χ4v) is 4.52. The second-order valence-electron chi connectivity index (χ2n) is 9.56. The summed E-state index contributed by atoms with van der Waals surface area (Å²) in [6.45, 7) is 9.82. The Kier molecular flexibility index (Phi) is 9.72. The van der Waals surface area contributed by atoms with E-state index in [9.17, 15) is 4.79 Å². The number of carbonyl (C=O) groups excluding carboxylic acids is 1. The molecule has 4 nitrogen and oxygen atoms in total. The molecule has 0 fully saturated rings. The first-order chi connectivity index (χ1) is 15.0. The standard InChI is InChI=1S/C26H35Cl2NO3/c1-18(16-26(2,3)4)13-25(30)29(12-11-20-8-9-21(27)15-22(20)28)17-19-7-10-23(31-5)24(14-19)32-6/h7-10,14-15,18H,11-13,16-17H2,1-6H3. The maximum absolute atomic E-state index is 13.3. The molecule has 0 aliphatic carbocycles. The molecule has 0 bridgehead atoms. The van der Waals surface area contributed by atoms with Gasteiger partial charge in [0.05, 0.1) is 14.2 Å². The molecule has 2 aromatic rings. The fraction of sp³-hybridized carbons (Fsp3) is 0.500. The highest BCUT2D eigenvalue weighted by Crippen LogP contribution is 2.30. The molecule has 0 N–H and O–H groups in total. The minimum atomic E-state index is 0.140. The zero-order valence-electron chi connectivity index (χ0n) is 20.0. The average Bonchev–Trinajstić information content (AvgIpc) is 2.70. The van der Waals surface area contributed by atoms with E-state index in [2.05, 4.69) is 27.7 Å². The molecule has 2 aromatic carbocycles. The minimum Gasteiger partial charge on any atom is -0.493 e. The van der Waals surface area contributed by atoms with E-state index >= 15 is 0 Å². The van der Waals surface area contributed by atoms with Crippen molar-refractivity contribution >= 4 is 29.1 Å². The van der Waals surface area contributed by atoms with Gasteiger partial charge in [-0.15, -0.1) is 0 Å². The first-order valence-corrected chi connectivity index (χ1v) is 11.7. The molecule has 0 aliphatic heterocycles. The molecule has 0 aromatic heterocycles. The smallest absolute Gasteiger partial charge is 0.223 e. The number of nitrogens with zero attached hydrogens (tertiary/aromatic N) is 1. The number of ether oxygens (including phenoxy) is 2. The molecule has 1 amide bonds. The lowest BCUT2D eigenvalue weighted by molar-refractivity contribution is -0.132. The zero-order chi connectivity index (χ0) is 23.9. The molecular weight excluding hydrogens is 445 g/mol. The van der Waals surface area contributed by atoms with Crippen molar-refractivity contribution in [3.63, 3.8) is 0 Å². The number of carbonyl (C=O) groups is 1. The highest BCUT2D eigenvalue weighted by molar-refractivity contribution is 6.35. The van der Waals surface area contributed by atoms with Gasteiger partial charge in [0.1, 0.15) is 0 Å². The lowest BCUT2D eigenvalue weighted by Gasteiger charge is -2.27. The second-order valence-corrected chi connectivity index (χ2v) is 10.4. The quantitative estimate of drug-likeness (QED) is 0.366. The van der Waals surface area contributed by atoms with Crippen LogP contribution in [0, 0.1) is 11.3 Å². The molecule has 0 radical (unpaired) electrons. The summed E-state index contributed by atoms with van der Waals surface area (Å²) in [6, 6.07) is 11.3. The minimum absolute atomic E-state index is 0.140. The van der Waals surface area contributed by atoms with Gasteiger partial charge in [-0.2, -0.15) is 0 Å². The predicted octanol–water partition coefficient (Wildman–Crippen LogP) is 7.04. The normalized spacial score (nSPS) is 12.4. The van der Waals surface area contributed by atoms with Crippen molar-refractivity contribution in [1.29, 1.82) is 0 Å². The molecule has 0 spiro atoms. The Balaban J connectivity index is 2.20. The maximum Gasteiger partial charge on any atom is 0.223 e. The molecular formula is C26H35Cl2NO3. The van der Waals surface area contributed by atoms with E-state index in [1.165, 1.54) is 0 Å². The van der Waals surface area contributed by atoms with Crippen LogP contribution in [-0.4, -0.2) is 31.6 Å². The van der Waals surface area contributed by atoms with Gasteiger partial charge in [0, 0.05) is 29.6 Å². The Labute approximate surface area is 202 Å². The summed E-state index contributed by atoms with van der Waals surface area (Å²) in [6.07, 6.45) is 2.16. The third-order valence-corrected chi connectivity index (χ3v) is 5.91. The summed E-state index contributed by atoms with van der Waals surface area (Å²) in [4.78, 5) is 15.2. The number of rotatable bonds is 10. The maximum atomic E-state index is 13.3. The highest BCUT2D eigenvalue weighted by atomic mass is 35.5. The summed E-state index contributed by atoms with van der Waals surface area (Å²) in [7, 11) is 3.22. The van der Waals surface area contributed by atoms with Crippen molar-refractivity contribution in [3.05, 3.63) is 57.6 Å². The van der Waals surface area contributed by atoms with Crippen molar-refractivity contribution in [3.8, 4) is 11.5 Å². The third kappa shape index (κ3) is 8.22. The van der Waals surface area contributed by atoms with E-state index < -0.39 is 0 Å². The van der Waals surface area contributed by atoms with E-state index in [0.717, 1.165) is 17.5 Å². The number of halogens is 2. The van der Waals surface area contributed by atoms with Crippen LogP contribution in [0.2, 0.25) is 10.0 Å². The van der Waals surface area contributed by atoms with Crippen molar-refractivity contribution in [2.45, 2.75) is 53.5 Å². The number of hydrogen-bond donors (Lipinski definition) is 0. The Hall–Kier alpha value is -1.91. The van der Waals surface area contributed by atoms with Crippen LogP contribution < -0.4 is 9.47 Å². The van der Waals surface area contributed by atoms with E-state index in [-0.39, 0.29) is 11.3 Å². The van der Waals surface area contributed by atoms with Crippen LogP contribution >= 0.6 is 23.2 Å². The van der Waals surface area contributed by atoms with E-state index in [1.807, 2.05) is 35.2 Å². The molecule has 6 heteroatoms. The molecule has 2 rings (SSSR count). The zero-order valence-corrected chi connectivity index (χ0v) is 21.5. The Morgan fingerprint density at radius 3 is 2.31 bits per heavy atom. The van der Waals surface area contributed by atoms with Crippen LogP contribution in [0.3, 0.4) is 0 Å². The molecule has 1 unspecified atom stereocenters. The molecule has 0 saturated heterocycles. The summed E-state index contributed by atoms with van der Waals surface area (Å²) < 4.78 is 10.8. The molecule has 176 valence electrons. The molecule has 1 atom stereocenters. The van der Waals surface area contributed by atoms with Gasteiger partial charge < -0.3 is 14.4 Å². The number of benzene rings is 2. The van der Waals surface area contributed by atoms with Crippen LogP contribution in [0.25, 0.3) is 0 Å². The molecule has 32 heavy (non-hydrogen) atoms. The number of hydrogen-bond acceptors (Lipinski definition) is 3. The highest BCUT2D eigenvalue weighted by Gasteiger charge is 2.22. The van der Waals surface area contributed by atoms with E-state index in [1.54, 1.807) is 20.3 Å². The summed E-state index contributed by atoms with van der Waals surface area (Å²) in [5.74, 6) is 1.76. The summed E-state index contributed by atoms with van der Waals surface area (Å²) >= 11 is 12.4. The van der Waals surface area contributed by atoms with Gasteiger partial charge in [-0.3, -0.25) is 4.79 Å². The van der Waals surface area contributed by atoms with Gasteiger partial charge in [0.25, 0.3) is 0 Å². The second kappa shape index (κ2) is 11.8. The topological polar surface area (TPSA) is 38.8 Å². The van der Waals surface area contributed by atoms with Gasteiger partial charge in [-0.05, 0) is 59.6 Å². The Bertz CT molecular complexity index is 908. The molecule has 0 saturated carbocycles. The first-order valence-electron chi connectivity index (χ1n) is 10.9. The first kappa shape index (κ1) is 26.3. The predicted molar refractivity (Wildman–Crippen MR) is 133 cm³/mol. The number of amides is 1. The van der Waals surface area contributed by atoms with Crippen molar-refractivity contribution in [2.75, 3.05) is 20.8 Å². The molecule has 0 heterocycles. The third-order valence-electron chi connectivity index (χ3n) is 5.32. The summed E-state index contributed by atoms with van der Waals surface area (Å²) in [5, 5.41) is 1.23. The van der Waals surface area contributed by atoms with Crippen LogP contribution in [0.4, 0.5) is 0 Å². The van der Waals surface area contributed by atoms with Gasteiger partial charge >= 0.3 is 0 Å². The van der Waals surface area contributed by atoms with E-state index in [0.29, 0.717) is 53.4 Å². The lowest BCUT2D eigenvalue weighted by Crippen LogP contribution is -2.34. The van der Waals surface area contributed by atoms with Crippen molar-refractivity contribution < 1.29 is 14.3 Å². The van der Waals surface area contributed by atoms with Crippen LogP contribution in [-0.2, 0) is 17.8 Å². The largest absolute Gasteiger partial charge is 0.493 e. The monoisotopic (exact) mass is 479 g/mol. The van der Waals surface area contributed by atoms with Gasteiger partial charge in [-0.25, -0.2) is 0 Å². The van der Waals surface area contributed by atoms with Crippen LogP contribution in [0.1, 0.15) is 51.7 Å². The Morgan fingerprint density at radius 1 is 1.03 bits per heavy atom. The number of methoxy groups -OCH3 is 2. The van der Waals surface area contributed by atoms with Gasteiger partial charge in [0.15, 0.2) is 11.5 Å². The Morgan fingerprint density at radius 2 is 1.72 bits per heavy atom. The van der Waals surface area contributed by atoms with E-state index in [4.69, 9.17) is 32.7 Å². The van der Waals surface area contributed by atoms with Crippen molar-refractivity contribution in [1.82, 2.24) is 4.90 Å².